The van der Waals surface area contributed by atoms with E-state index in [4.69, 9.17) is 0 Å². The molecule has 4 nitrogen and oxygen atoms in total. The van der Waals surface area contributed by atoms with E-state index in [2.05, 4.69) is 0 Å². The van der Waals surface area contributed by atoms with Gasteiger partial charge in [0.1, 0.15) is 0 Å². The van der Waals surface area contributed by atoms with Crippen molar-refractivity contribution in [2.45, 2.75) is 32.1 Å². The van der Waals surface area contributed by atoms with Crippen LogP contribution in [0, 0.1) is 5.92 Å². The number of sulfone groups is 1. The lowest BCUT2D eigenvalue weighted by molar-refractivity contribution is -0.141. The summed E-state index contributed by atoms with van der Waals surface area (Å²) in [5.74, 6) is -2.30. The van der Waals surface area contributed by atoms with Gasteiger partial charge in [0.2, 0.25) is 0 Å². The highest BCUT2D eigenvalue weighted by Gasteiger charge is 2.24. The van der Waals surface area contributed by atoms with Crippen molar-refractivity contribution < 1.29 is 18.3 Å². The van der Waals surface area contributed by atoms with Crippen LogP contribution in [0.15, 0.2) is 72.8 Å². The van der Waals surface area contributed by atoms with E-state index in [-0.39, 0.29) is 11.5 Å². The van der Waals surface area contributed by atoms with Crippen LogP contribution in [0.4, 0.5) is 0 Å². The van der Waals surface area contributed by atoms with Crippen LogP contribution < -0.4 is 0 Å². The van der Waals surface area contributed by atoms with E-state index < -0.39 is 21.7 Å². The molecule has 2 rings (SSSR count). The molecule has 1 atom stereocenters. The summed E-state index contributed by atoms with van der Waals surface area (Å²) in [6.45, 7) is 0. The molecule has 0 aliphatic rings. The topological polar surface area (TPSA) is 71.4 Å². The normalized spacial score (nSPS) is 12.9. The van der Waals surface area contributed by atoms with Gasteiger partial charge in [-0.1, -0.05) is 72.8 Å². The first-order valence-corrected chi connectivity index (χ1v) is 11.4. The third-order valence-electron chi connectivity index (χ3n) is 4.62. The zero-order valence-corrected chi connectivity index (χ0v) is 16.9. The second-order valence-corrected chi connectivity index (χ2v) is 9.14. The van der Waals surface area contributed by atoms with Gasteiger partial charge in [0.05, 0.1) is 17.4 Å². The number of aliphatic carboxylic acids is 1. The maximum atomic E-state index is 12.3. The molecule has 0 radical (unpaired) electrons. The minimum absolute atomic E-state index is 0.107. The van der Waals surface area contributed by atoms with Gasteiger partial charge in [-0.05, 0) is 43.2 Å². The molecule has 0 saturated heterocycles. The standard InChI is InChI=1S/C23H28O4S/c24-23(25)22(17-10-16-21-13-6-2-7-14-21)19-28(26,27)18-9-3-8-15-20-11-4-1-5-12-20/h1-7,9,11-14,22H,8,10,15-19H2,(H,24,25). The van der Waals surface area contributed by atoms with Gasteiger partial charge in [-0.2, -0.15) is 0 Å². The number of aryl methyl sites for hydroxylation is 2. The van der Waals surface area contributed by atoms with Crippen molar-refractivity contribution in [3.63, 3.8) is 0 Å². The molecule has 0 heterocycles. The Kier molecular flexibility index (Phi) is 8.95. The van der Waals surface area contributed by atoms with E-state index in [0.29, 0.717) is 12.8 Å². The third kappa shape index (κ3) is 8.53. The fourth-order valence-corrected chi connectivity index (χ4v) is 4.56. The minimum atomic E-state index is -3.43. The molecule has 2 aromatic rings. The number of hydrogen-bond acceptors (Lipinski definition) is 3. The molecule has 1 N–H and O–H groups in total. The molecule has 0 bridgehead atoms. The van der Waals surface area contributed by atoms with E-state index in [1.165, 1.54) is 5.56 Å². The molecule has 2 aromatic carbocycles. The van der Waals surface area contributed by atoms with Crippen molar-refractivity contribution in [1.82, 2.24) is 0 Å². The van der Waals surface area contributed by atoms with Crippen molar-refractivity contribution >= 4 is 15.8 Å². The van der Waals surface area contributed by atoms with Gasteiger partial charge < -0.3 is 5.11 Å². The molecule has 0 aliphatic heterocycles. The van der Waals surface area contributed by atoms with Crippen molar-refractivity contribution in [2.75, 3.05) is 11.5 Å². The van der Waals surface area contributed by atoms with E-state index >= 15 is 0 Å². The molecule has 28 heavy (non-hydrogen) atoms. The van der Waals surface area contributed by atoms with Gasteiger partial charge in [-0.3, -0.25) is 4.79 Å². The number of rotatable bonds is 12. The van der Waals surface area contributed by atoms with Crippen molar-refractivity contribution in [3.05, 3.63) is 83.9 Å². The first kappa shape index (κ1) is 21.9. The van der Waals surface area contributed by atoms with E-state index in [0.717, 1.165) is 24.8 Å². The molecular weight excluding hydrogens is 372 g/mol. The van der Waals surface area contributed by atoms with Gasteiger partial charge in [0.25, 0.3) is 0 Å². The molecule has 1 unspecified atom stereocenters. The molecule has 0 saturated carbocycles. The molecule has 0 fully saturated rings. The van der Waals surface area contributed by atoms with E-state index in [9.17, 15) is 18.3 Å². The molecule has 5 heteroatoms. The molecule has 0 spiro atoms. The summed E-state index contributed by atoms with van der Waals surface area (Å²) in [5, 5.41) is 9.39. The first-order valence-electron chi connectivity index (χ1n) is 9.62. The predicted molar refractivity (Wildman–Crippen MR) is 113 cm³/mol. The van der Waals surface area contributed by atoms with Gasteiger partial charge in [-0.15, -0.1) is 0 Å². The minimum Gasteiger partial charge on any atom is -0.481 e. The van der Waals surface area contributed by atoms with Crippen LogP contribution in [-0.4, -0.2) is 31.0 Å². The summed E-state index contributed by atoms with van der Waals surface area (Å²) in [7, 11) is -3.43. The maximum absolute atomic E-state index is 12.3. The second kappa shape index (κ2) is 11.4. The highest BCUT2D eigenvalue weighted by Crippen LogP contribution is 2.14. The smallest absolute Gasteiger partial charge is 0.307 e. The van der Waals surface area contributed by atoms with Crippen molar-refractivity contribution in [2.24, 2.45) is 5.92 Å². The Hall–Kier alpha value is -2.40. The van der Waals surface area contributed by atoms with E-state index in [1.807, 2.05) is 66.7 Å². The second-order valence-electron chi connectivity index (χ2n) is 6.99. The van der Waals surface area contributed by atoms with Gasteiger partial charge in [0.15, 0.2) is 9.84 Å². The van der Waals surface area contributed by atoms with E-state index in [1.54, 1.807) is 6.08 Å². The Balaban J connectivity index is 1.76. The number of benzene rings is 2. The molecular formula is C23H28O4S. The average molecular weight is 401 g/mol. The fraction of sp³-hybridized carbons (Fsp3) is 0.348. The summed E-state index contributed by atoms with van der Waals surface area (Å²) in [6.07, 6.45) is 6.89. The number of hydrogen-bond donors (Lipinski definition) is 1. The summed E-state index contributed by atoms with van der Waals surface area (Å²) in [6, 6.07) is 19.8. The zero-order valence-electron chi connectivity index (χ0n) is 16.0. The van der Waals surface area contributed by atoms with Crippen molar-refractivity contribution in [1.29, 1.82) is 0 Å². The monoisotopic (exact) mass is 400 g/mol. The van der Waals surface area contributed by atoms with Crippen LogP contribution in [0.1, 0.15) is 30.4 Å². The highest BCUT2D eigenvalue weighted by atomic mass is 32.2. The first-order chi connectivity index (χ1) is 13.5. The summed E-state index contributed by atoms with van der Waals surface area (Å²) >= 11 is 0. The summed E-state index contributed by atoms with van der Waals surface area (Å²) in [5.41, 5.74) is 2.34. The Morgan fingerprint density at radius 3 is 2.04 bits per heavy atom. The summed E-state index contributed by atoms with van der Waals surface area (Å²) in [4.78, 5) is 11.5. The molecule has 150 valence electrons. The molecule has 0 aromatic heterocycles. The lowest BCUT2D eigenvalue weighted by Gasteiger charge is -2.12. The predicted octanol–water partition coefficient (Wildman–Crippen LogP) is 4.31. The number of carbonyl (C=O) groups is 1. The van der Waals surface area contributed by atoms with Crippen LogP contribution in [-0.2, 0) is 27.5 Å². The maximum Gasteiger partial charge on any atom is 0.307 e. The van der Waals surface area contributed by atoms with Crippen LogP contribution in [0.2, 0.25) is 0 Å². The highest BCUT2D eigenvalue weighted by molar-refractivity contribution is 7.91. The van der Waals surface area contributed by atoms with Gasteiger partial charge in [0, 0.05) is 0 Å². The number of allylic oxidation sites excluding steroid dienone is 1. The van der Waals surface area contributed by atoms with Gasteiger partial charge >= 0.3 is 5.97 Å². The fourth-order valence-electron chi connectivity index (χ4n) is 3.08. The number of carboxylic acid groups (broad SMARTS) is 1. The third-order valence-corrected chi connectivity index (χ3v) is 6.24. The quantitative estimate of drug-likeness (QED) is 0.539. The number of carboxylic acids is 1. The molecule has 0 aliphatic carbocycles. The van der Waals surface area contributed by atoms with Crippen LogP contribution >= 0.6 is 0 Å². The Bertz CT molecular complexity index is 843. The summed E-state index contributed by atoms with van der Waals surface area (Å²) < 4.78 is 24.6. The van der Waals surface area contributed by atoms with Gasteiger partial charge in [-0.25, -0.2) is 8.42 Å². The molecule has 0 amide bonds. The Labute approximate surface area is 167 Å². The van der Waals surface area contributed by atoms with Crippen molar-refractivity contribution in [3.8, 4) is 0 Å². The zero-order chi connectivity index (χ0) is 20.2. The van der Waals surface area contributed by atoms with Crippen LogP contribution in [0.3, 0.4) is 0 Å². The Morgan fingerprint density at radius 1 is 0.893 bits per heavy atom. The SMILES string of the molecule is O=C(O)C(CCCc1ccccc1)CS(=O)(=O)CC=CCCc1ccccc1. The lowest BCUT2D eigenvalue weighted by Crippen LogP contribution is -2.25. The largest absolute Gasteiger partial charge is 0.481 e. The average Bonchev–Trinajstić information content (AvgIpc) is 2.68. The van der Waals surface area contributed by atoms with Crippen LogP contribution in [0.5, 0.6) is 0 Å². The van der Waals surface area contributed by atoms with Crippen LogP contribution in [0.25, 0.3) is 0 Å². The Morgan fingerprint density at radius 2 is 1.46 bits per heavy atom. The lowest BCUT2D eigenvalue weighted by atomic mass is 10.0.